The molecule has 0 unspecified atom stereocenters. The van der Waals surface area contributed by atoms with Crippen molar-refractivity contribution in [3.05, 3.63) is 42.2 Å². The maximum atomic E-state index is 12.0. The zero-order chi connectivity index (χ0) is 15.5. The van der Waals surface area contributed by atoms with Gasteiger partial charge in [-0.2, -0.15) is 8.42 Å². The summed E-state index contributed by atoms with van der Waals surface area (Å²) in [6.45, 7) is 2.35. The van der Waals surface area contributed by atoms with Crippen LogP contribution in [0, 0.1) is 0 Å². The Hall–Kier alpha value is -2.48. The molecule has 2 rings (SSSR count). The molecule has 2 aromatic rings. The van der Waals surface area contributed by atoms with Gasteiger partial charge in [-0.3, -0.25) is 4.72 Å². The van der Waals surface area contributed by atoms with Crippen molar-refractivity contribution in [2.24, 2.45) is 0 Å². The van der Waals surface area contributed by atoms with E-state index in [0.29, 0.717) is 18.0 Å². The lowest BCUT2D eigenvalue weighted by Gasteiger charge is -2.07. The van der Waals surface area contributed by atoms with E-state index in [9.17, 15) is 13.2 Å². The SMILES string of the molecule is CCOc1ccc(NS(=O)(=O)c2ccc(C(=O)O)o2)cc1. The van der Waals surface area contributed by atoms with E-state index in [1.165, 1.54) is 12.1 Å². The van der Waals surface area contributed by atoms with Crippen LogP contribution in [0.3, 0.4) is 0 Å². The summed E-state index contributed by atoms with van der Waals surface area (Å²) >= 11 is 0. The monoisotopic (exact) mass is 311 g/mol. The van der Waals surface area contributed by atoms with Crippen molar-refractivity contribution in [3.63, 3.8) is 0 Å². The van der Waals surface area contributed by atoms with Crippen LogP contribution in [0.1, 0.15) is 17.5 Å². The Morgan fingerprint density at radius 3 is 2.43 bits per heavy atom. The van der Waals surface area contributed by atoms with Crippen molar-refractivity contribution in [3.8, 4) is 5.75 Å². The van der Waals surface area contributed by atoms with E-state index in [1.54, 1.807) is 12.1 Å². The number of carboxylic acids is 1. The fraction of sp³-hybridized carbons (Fsp3) is 0.154. The minimum Gasteiger partial charge on any atom is -0.494 e. The normalized spacial score (nSPS) is 11.1. The van der Waals surface area contributed by atoms with Crippen LogP contribution >= 0.6 is 0 Å². The smallest absolute Gasteiger partial charge is 0.371 e. The number of anilines is 1. The van der Waals surface area contributed by atoms with Gasteiger partial charge in [0, 0.05) is 5.69 Å². The zero-order valence-corrected chi connectivity index (χ0v) is 11.9. The highest BCUT2D eigenvalue weighted by atomic mass is 32.2. The Morgan fingerprint density at radius 2 is 1.90 bits per heavy atom. The van der Waals surface area contributed by atoms with Gasteiger partial charge >= 0.3 is 5.97 Å². The van der Waals surface area contributed by atoms with E-state index >= 15 is 0 Å². The Balaban J connectivity index is 2.18. The van der Waals surface area contributed by atoms with Crippen LogP contribution in [-0.2, 0) is 10.0 Å². The second kappa shape index (κ2) is 5.88. The van der Waals surface area contributed by atoms with Gasteiger partial charge in [0.25, 0.3) is 10.0 Å². The van der Waals surface area contributed by atoms with Gasteiger partial charge in [0.05, 0.1) is 6.61 Å². The molecule has 0 atom stereocenters. The summed E-state index contributed by atoms with van der Waals surface area (Å²) in [5.41, 5.74) is 0.312. The Kier molecular flexibility index (Phi) is 4.18. The average molecular weight is 311 g/mol. The van der Waals surface area contributed by atoms with Gasteiger partial charge in [-0.1, -0.05) is 0 Å². The fourth-order valence-electron chi connectivity index (χ4n) is 1.57. The molecule has 0 spiro atoms. The highest BCUT2D eigenvalue weighted by Gasteiger charge is 2.21. The highest BCUT2D eigenvalue weighted by molar-refractivity contribution is 7.92. The van der Waals surface area contributed by atoms with E-state index in [0.717, 1.165) is 12.1 Å². The molecule has 0 bridgehead atoms. The quantitative estimate of drug-likeness (QED) is 0.847. The molecule has 0 fully saturated rings. The molecule has 0 aliphatic heterocycles. The number of rotatable bonds is 6. The Labute approximate surface area is 121 Å². The third kappa shape index (κ3) is 3.54. The molecule has 7 nitrogen and oxygen atoms in total. The third-order valence-corrected chi connectivity index (χ3v) is 3.73. The summed E-state index contributed by atoms with van der Waals surface area (Å²) in [6, 6.07) is 8.46. The Morgan fingerprint density at radius 1 is 1.24 bits per heavy atom. The second-order valence-electron chi connectivity index (χ2n) is 3.99. The van der Waals surface area contributed by atoms with Gasteiger partial charge in [0.15, 0.2) is 0 Å². The molecule has 0 saturated carbocycles. The van der Waals surface area contributed by atoms with Crippen LogP contribution in [0.25, 0.3) is 0 Å². The largest absolute Gasteiger partial charge is 0.494 e. The summed E-state index contributed by atoms with van der Waals surface area (Å²) in [5.74, 6) is -1.16. The molecule has 8 heteroatoms. The lowest BCUT2D eigenvalue weighted by Crippen LogP contribution is -2.12. The lowest BCUT2D eigenvalue weighted by atomic mass is 10.3. The predicted octanol–water partition coefficient (Wildman–Crippen LogP) is 2.18. The minimum absolute atomic E-state index is 0.312. The topological polar surface area (TPSA) is 106 Å². The van der Waals surface area contributed by atoms with E-state index in [2.05, 4.69) is 4.72 Å². The standard InChI is InChI=1S/C13H13NO6S/c1-2-19-10-5-3-9(4-6-10)14-21(17,18)12-8-7-11(20-12)13(15)16/h3-8,14H,2H2,1H3,(H,15,16). The Bertz CT molecular complexity index is 732. The van der Waals surface area contributed by atoms with Crippen LogP contribution in [0.4, 0.5) is 5.69 Å². The van der Waals surface area contributed by atoms with Crippen LogP contribution in [0.15, 0.2) is 45.9 Å². The van der Waals surface area contributed by atoms with Gasteiger partial charge in [0.2, 0.25) is 10.9 Å². The van der Waals surface area contributed by atoms with Crippen molar-refractivity contribution < 1.29 is 27.5 Å². The number of carboxylic acid groups (broad SMARTS) is 1. The van der Waals surface area contributed by atoms with Crippen molar-refractivity contribution >= 4 is 21.7 Å². The summed E-state index contributed by atoms with van der Waals surface area (Å²) in [5, 5.41) is 8.25. The highest BCUT2D eigenvalue weighted by Crippen LogP contribution is 2.21. The first kappa shape index (κ1) is 14.9. The number of ether oxygens (including phenoxy) is 1. The van der Waals surface area contributed by atoms with Gasteiger partial charge in [-0.15, -0.1) is 0 Å². The van der Waals surface area contributed by atoms with E-state index < -0.39 is 26.8 Å². The number of carbonyl (C=O) groups is 1. The number of hydrogen-bond donors (Lipinski definition) is 2. The van der Waals surface area contributed by atoms with Gasteiger partial charge in [-0.05, 0) is 43.3 Å². The lowest BCUT2D eigenvalue weighted by molar-refractivity contribution is 0.0656. The zero-order valence-electron chi connectivity index (χ0n) is 11.1. The molecule has 1 aromatic heterocycles. The van der Waals surface area contributed by atoms with E-state index in [-0.39, 0.29) is 0 Å². The molecule has 0 saturated heterocycles. The van der Waals surface area contributed by atoms with E-state index in [1.807, 2.05) is 6.92 Å². The summed E-state index contributed by atoms with van der Waals surface area (Å²) < 4.78 is 36.3. The first-order valence-electron chi connectivity index (χ1n) is 6.01. The van der Waals surface area contributed by atoms with E-state index in [4.69, 9.17) is 14.3 Å². The number of benzene rings is 1. The van der Waals surface area contributed by atoms with Crippen LogP contribution < -0.4 is 9.46 Å². The molecule has 0 aliphatic rings. The molecule has 21 heavy (non-hydrogen) atoms. The number of nitrogens with one attached hydrogen (secondary N) is 1. The number of hydrogen-bond acceptors (Lipinski definition) is 5. The average Bonchev–Trinajstić information content (AvgIpc) is 2.92. The molecule has 112 valence electrons. The van der Waals surface area contributed by atoms with Crippen molar-refractivity contribution in [1.29, 1.82) is 0 Å². The van der Waals surface area contributed by atoms with Crippen molar-refractivity contribution in [2.45, 2.75) is 12.0 Å². The third-order valence-electron chi connectivity index (χ3n) is 2.47. The van der Waals surface area contributed by atoms with Gasteiger partial charge in [0.1, 0.15) is 5.75 Å². The molecule has 0 amide bonds. The van der Waals surface area contributed by atoms with Crippen LogP contribution in [-0.4, -0.2) is 26.1 Å². The first-order chi connectivity index (χ1) is 9.92. The summed E-state index contributed by atoms with van der Waals surface area (Å²) in [6.07, 6.45) is 0. The summed E-state index contributed by atoms with van der Waals surface area (Å²) in [7, 11) is -3.97. The molecule has 1 heterocycles. The molecule has 2 N–H and O–H groups in total. The fourth-order valence-corrected chi connectivity index (χ4v) is 2.56. The maximum Gasteiger partial charge on any atom is 0.371 e. The number of sulfonamides is 1. The second-order valence-corrected chi connectivity index (χ2v) is 5.60. The molecule has 1 aromatic carbocycles. The molecular formula is C13H13NO6S. The number of furan rings is 1. The minimum atomic E-state index is -3.97. The molecule has 0 aliphatic carbocycles. The summed E-state index contributed by atoms with van der Waals surface area (Å²) in [4.78, 5) is 10.7. The van der Waals surface area contributed by atoms with Crippen molar-refractivity contribution in [1.82, 2.24) is 0 Å². The predicted molar refractivity (Wildman–Crippen MR) is 74.1 cm³/mol. The number of aromatic carboxylic acids is 1. The molecule has 0 radical (unpaired) electrons. The van der Waals surface area contributed by atoms with Gasteiger partial charge < -0.3 is 14.3 Å². The molecular weight excluding hydrogens is 298 g/mol. The van der Waals surface area contributed by atoms with Crippen molar-refractivity contribution in [2.75, 3.05) is 11.3 Å². The van der Waals surface area contributed by atoms with Crippen LogP contribution in [0.5, 0.6) is 5.75 Å². The first-order valence-corrected chi connectivity index (χ1v) is 7.49. The maximum absolute atomic E-state index is 12.0. The van der Waals surface area contributed by atoms with Crippen LogP contribution in [0.2, 0.25) is 0 Å². The van der Waals surface area contributed by atoms with Gasteiger partial charge in [-0.25, -0.2) is 4.79 Å².